The number of rotatable bonds is 15. The summed E-state index contributed by atoms with van der Waals surface area (Å²) in [6, 6.07) is 4.88. The Kier molecular flexibility index (Phi) is 14.4. The highest BCUT2D eigenvalue weighted by molar-refractivity contribution is 7.92. The Morgan fingerprint density at radius 2 is 1.64 bits per heavy atom. The van der Waals surface area contributed by atoms with Gasteiger partial charge in [-0.3, -0.25) is 19.2 Å². The number of sulfone groups is 1. The van der Waals surface area contributed by atoms with Crippen LogP contribution in [0.2, 0.25) is 0 Å². The Morgan fingerprint density at radius 1 is 0.983 bits per heavy atom. The third-order valence-corrected chi connectivity index (χ3v) is 15.1. The molecule has 0 aromatic heterocycles. The normalized spacial score (nSPS) is 21.7. The van der Waals surface area contributed by atoms with Gasteiger partial charge < -0.3 is 30.5 Å². The molecule has 4 aliphatic rings. The van der Waals surface area contributed by atoms with Crippen LogP contribution in [0, 0.1) is 17.3 Å². The van der Waals surface area contributed by atoms with Gasteiger partial charge in [-0.05, 0) is 68.9 Å². The molecule has 5 rings (SSSR count). The van der Waals surface area contributed by atoms with Gasteiger partial charge in [-0.2, -0.15) is 0 Å². The average molecular weight is 840 g/mol. The van der Waals surface area contributed by atoms with Crippen molar-refractivity contribution in [1.29, 1.82) is 0 Å². The molecule has 0 spiro atoms. The first-order chi connectivity index (χ1) is 27.6. The Balaban J connectivity index is 1.39. The minimum atomic E-state index is -3.63. The van der Waals surface area contributed by atoms with E-state index in [0.717, 1.165) is 43.2 Å². The van der Waals surface area contributed by atoms with Gasteiger partial charge in [0.1, 0.15) is 12.1 Å². The quantitative estimate of drug-likeness (QED) is 0.161. The van der Waals surface area contributed by atoms with Gasteiger partial charge in [0.2, 0.25) is 11.7 Å². The van der Waals surface area contributed by atoms with Crippen molar-refractivity contribution in [2.45, 2.75) is 147 Å². The number of ether oxygens (including phenoxy) is 1. The highest BCUT2D eigenvalue weighted by atomic mass is 32.2. The van der Waals surface area contributed by atoms with Crippen molar-refractivity contribution >= 4 is 45.3 Å². The van der Waals surface area contributed by atoms with E-state index in [4.69, 9.17) is 4.74 Å². The lowest BCUT2D eigenvalue weighted by Crippen LogP contribution is -2.63. The highest BCUT2D eigenvalue weighted by Gasteiger charge is 2.48. The number of carbonyl (C=O) groups is 6. The molecule has 4 atom stereocenters. The number of likely N-dealkylation sites (tertiary alicyclic amines) is 1. The van der Waals surface area contributed by atoms with Gasteiger partial charge in [0, 0.05) is 38.4 Å². The topological polar surface area (TPSA) is 188 Å². The van der Waals surface area contributed by atoms with Crippen molar-refractivity contribution in [2.75, 3.05) is 25.4 Å². The summed E-state index contributed by atoms with van der Waals surface area (Å²) >= 11 is 0. The van der Waals surface area contributed by atoms with Gasteiger partial charge in [-0.25, -0.2) is 18.0 Å². The first-order valence-electron chi connectivity index (χ1n) is 21.2. The lowest BCUT2D eigenvalue weighted by atomic mass is 9.83. The van der Waals surface area contributed by atoms with E-state index in [0.29, 0.717) is 38.8 Å². The molecule has 0 bridgehead atoms. The summed E-state index contributed by atoms with van der Waals surface area (Å²) < 4.78 is 31.9. The van der Waals surface area contributed by atoms with E-state index in [1.165, 1.54) is 11.0 Å². The molecule has 3 fully saturated rings. The zero-order chi connectivity index (χ0) is 43.3. The molecule has 5 amide bonds. The molecule has 14 nitrogen and oxygen atoms in total. The summed E-state index contributed by atoms with van der Waals surface area (Å²) in [5, 5.41) is 8.36. The number of hydrogen-bond donors (Lipinski definition) is 3. The van der Waals surface area contributed by atoms with Crippen molar-refractivity contribution in [2.24, 2.45) is 17.3 Å². The van der Waals surface area contributed by atoms with E-state index in [1.54, 1.807) is 46.4 Å². The zero-order valence-electron chi connectivity index (χ0n) is 35.8. The zero-order valence-corrected chi connectivity index (χ0v) is 36.6. The monoisotopic (exact) mass is 839 g/mol. The fourth-order valence-corrected chi connectivity index (χ4v) is 10.0. The summed E-state index contributed by atoms with van der Waals surface area (Å²) in [6.07, 6.45) is 5.84. The molecule has 2 aliphatic heterocycles. The van der Waals surface area contributed by atoms with Crippen molar-refractivity contribution < 1.29 is 41.9 Å². The summed E-state index contributed by atoms with van der Waals surface area (Å²) in [4.78, 5) is 85.9. The Labute approximate surface area is 349 Å². The number of ketones is 2. The molecular formula is C44H65N5O9S. The third-order valence-electron chi connectivity index (χ3n) is 12.3. The van der Waals surface area contributed by atoms with Crippen LogP contribution in [0.1, 0.15) is 117 Å². The maximum atomic E-state index is 14.8. The summed E-state index contributed by atoms with van der Waals surface area (Å²) in [7, 11) is -3.63. The van der Waals surface area contributed by atoms with Crippen LogP contribution in [-0.2, 0) is 46.7 Å². The van der Waals surface area contributed by atoms with E-state index >= 15 is 0 Å². The number of nitrogens with zero attached hydrogens (tertiary/aromatic N) is 2. The Morgan fingerprint density at radius 3 is 2.25 bits per heavy atom. The van der Waals surface area contributed by atoms with E-state index in [9.17, 15) is 37.2 Å². The maximum absolute atomic E-state index is 14.8. The molecule has 59 heavy (non-hydrogen) atoms. The van der Waals surface area contributed by atoms with Gasteiger partial charge in [0.05, 0.1) is 28.6 Å². The van der Waals surface area contributed by atoms with Crippen LogP contribution in [0.15, 0.2) is 36.9 Å². The number of hydrogen-bond acceptors (Lipinski definition) is 9. The van der Waals surface area contributed by atoms with Crippen LogP contribution in [0.4, 0.5) is 9.59 Å². The second-order valence-electron chi connectivity index (χ2n) is 19.2. The molecule has 2 saturated carbocycles. The molecule has 2 aliphatic carbocycles. The van der Waals surface area contributed by atoms with E-state index < -0.39 is 85.1 Å². The second kappa shape index (κ2) is 18.6. The van der Waals surface area contributed by atoms with Crippen LogP contribution in [0.3, 0.4) is 0 Å². The molecule has 1 aromatic rings. The Hall–Kier alpha value is -4.27. The summed E-state index contributed by atoms with van der Waals surface area (Å²) in [5.74, 6) is -3.44. The standard InChI is InChI=1S/C44H65N5O9S/c1-8-21-45-38(52)36(51)32(23-29-16-17-29)24-35(50)34-25-33(58-41(55)48-22-18-30-14-10-11-15-31(30)26-48)27-49(34)39(53)37(42(2,3)4)46-40(54)47-44(19-12-9-13-20-44)28-59(56,57)43(5,6)7/h8,10-11,14-15,29,32-34,37H,1,9,12-13,16-28H2,2-7H3,(H,45,52)(H2,46,47,54)/t32?,33?,34-,37+/m0/s1. The van der Waals surface area contributed by atoms with E-state index in [-0.39, 0.29) is 37.6 Å². The number of amides is 5. The van der Waals surface area contributed by atoms with Crippen LogP contribution in [0.25, 0.3) is 0 Å². The smallest absolute Gasteiger partial charge is 0.410 e. The molecule has 2 heterocycles. The number of urea groups is 1. The lowest BCUT2D eigenvalue weighted by Gasteiger charge is -2.41. The van der Waals surface area contributed by atoms with Crippen molar-refractivity contribution in [3.05, 3.63) is 48.0 Å². The lowest BCUT2D eigenvalue weighted by molar-refractivity contribution is -0.143. The molecule has 2 unspecified atom stereocenters. The fourth-order valence-electron chi connectivity index (χ4n) is 8.49. The van der Waals surface area contributed by atoms with Gasteiger partial charge in [0.15, 0.2) is 15.6 Å². The minimum absolute atomic E-state index is 0.0232. The Bertz CT molecular complexity index is 1870. The van der Waals surface area contributed by atoms with Gasteiger partial charge in [0.25, 0.3) is 5.91 Å². The van der Waals surface area contributed by atoms with Gasteiger partial charge in [-0.15, -0.1) is 6.58 Å². The molecule has 326 valence electrons. The molecule has 15 heteroatoms. The first kappa shape index (κ1) is 45.8. The predicted molar refractivity (Wildman–Crippen MR) is 224 cm³/mol. The molecule has 1 saturated heterocycles. The number of fused-ring (bicyclic) bond motifs is 1. The first-order valence-corrected chi connectivity index (χ1v) is 22.9. The summed E-state index contributed by atoms with van der Waals surface area (Å²) in [6.45, 7) is 14.6. The van der Waals surface area contributed by atoms with Crippen LogP contribution in [0.5, 0.6) is 0 Å². The molecular weight excluding hydrogens is 775 g/mol. The fraction of sp³-hybridized carbons (Fsp3) is 0.682. The van der Waals surface area contributed by atoms with Crippen LogP contribution >= 0.6 is 0 Å². The molecule has 0 radical (unpaired) electrons. The van der Waals surface area contributed by atoms with Crippen molar-refractivity contribution in [3.8, 4) is 0 Å². The number of nitrogens with one attached hydrogen (secondary N) is 3. The number of benzene rings is 1. The van der Waals surface area contributed by atoms with Crippen molar-refractivity contribution in [1.82, 2.24) is 25.8 Å². The maximum Gasteiger partial charge on any atom is 0.410 e. The average Bonchev–Trinajstić information content (AvgIpc) is 3.89. The summed E-state index contributed by atoms with van der Waals surface area (Å²) in [5.41, 5.74) is 0.256. The minimum Gasteiger partial charge on any atom is -0.444 e. The molecule has 1 aromatic carbocycles. The van der Waals surface area contributed by atoms with Crippen molar-refractivity contribution in [3.63, 3.8) is 0 Å². The van der Waals surface area contributed by atoms with Gasteiger partial charge in [-0.1, -0.05) is 83.2 Å². The largest absolute Gasteiger partial charge is 0.444 e. The molecule has 3 N–H and O–H groups in total. The number of Topliss-reactive ketones (excluding diaryl/α,β-unsaturated/α-hetero) is 2. The third kappa shape index (κ3) is 11.7. The highest BCUT2D eigenvalue weighted by Crippen LogP contribution is 2.38. The van der Waals surface area contributed by atoms with Crippen LogP contribution < -0.4 is 16.0 Å². The second-order valence-corrected chi connectivity index (χ2v) is 22.0. The van der Waals surface area contributed by atoms with Crippen LogP contribution in [-0.4, -0.2) is 108 Å². The SMILES string of the molecule is C=CCNC(=O)C(=O)C(CC(=O)[C@@H]1CC(OC(=O)N2CCc3ccccc3C2)CN1C(=O)[C@@H](NC(=O)NC1(CS(=O)(=O)C(C)(C)C)CCCCC1)C(C)(C)C)CC1CC1. The van der Waals surface area contributed by atoms with E-state index in [2.05, 4.69) is 22.5 Å². The predicted octanol–water partition coefficient (Wildman–Crippen LogP) is 5.03. The number of carbonyl (C=O) groups excluding carboxylic acids is 6. The van der Waals surface area contributed by atoms with E-state index in [1.807, 2.05) is 24.3 Å². The van der Waals surface area contributed by atoms with Gasteiger partial charge >= 0.3 is 12.1 Å².